The Bertz CT molecular complexity index is 305. The number of aliphatic carboxylic acids is 1. The summed E-state index contributed by atoms with van der Waals surface area (Å²) in [5.74, 6) is -1.51. The predicted octanol–water partition coefficient (Wildman–Crippen LogP) is 1.53. The van der Waals surface area contributed by atoms with Gasteiger partial charge in [-0.3, -0.25) is 4.79 Å². The van der Waals surface area contributed by atoms with Crippen LogP contribution in [0.5, 0.6) is 0 Å². The summed E-state index contributed by atoms with van der Waals surface area (Å²) in [4.78, 5) is 21.5. The first-order chi connectivity index (χ1) is 7.78. The molecule has 1 aliphatic rings. The molecule has 0 spiro atoms. The number of hydrogen-bond acceptors (Lipinski definition) is 3. The number of alkyl halides is 3. The Morgan fingerprint density at radius 3 is 2.47 bits per heavy atom. The molecule has 0 aromatic carbocycles. The minimum atomic E-state index is -4.56. The first-order valence-corrected chi connectivity index (χ1v) is 5.01. The highest BCUT2D eigenvalue weighted by Crippen LogP contribution is 2.25. The number of carbonyl (C=O) groups excluding carboxylic acids is 1. The molecule has 1 aliphatic carbocycles. The van der Waals surface area contributed by atoms with Crippen molar-refractivity contribution in [1.29, 1.82) is 0 Å². The lowest BCUT2D eigenvalue weighted by Crippen LogP contribution is -2.35. The largest absolute Gasteiger partial charge is 0.481 e. The minimum Gasteiger partial charge on any atom is -0.481 e. The van der Waals surface area contributed by atoms with Crippen molar-refractivity contribution in [3.05, 3.63) is 0 Å². The van der Waals surface area contributed by atoms with Gasteiger partial charge in [0.1, 0.15) is 0 Å². The lowest BCUT2D eigenvalue weighted by molar-refractivity contribution is -0.160. The topological polar surface area (TPSA) is 75.6 Å². The van der Waals surface area contributed by atoms with E-state index in [1.165, 1.54) is 0 Å². The molecule has 0 aromatic heterocycles. The number of hydrogen-bond donors (Lipinski definition) is 2. The Hall–Kier alpha value is -1.47. The highest BCUT2D eigenvalue weighted by atomic mass is 19.4. The van der Waals surface area contributed by atoms with Crippen LogP contribution in [0.2, 0.25) is 0 Å². The number of carbonyl (C=O) groups is 2. The fourth-order valence-corrected chi connectivity index (χ4v) is 1.69. The van der Waals surface area contributed by atoms with Gasteiger partial charge in [0.05, 0.1) is 5.92 Å². The maximum atomic E-state index is 11.7. The van der Waals surface area contributed by atoms with Crippen LogP contribution in [0.4, 0.5) is 18.0 Å². The van der Waals surface area contributed by atoms with Crippen LogP contribution in [0.25, 0.3) is 0 Å². The minimum absolute atomic E-state index is 0.219. The average molecular weight is 255 g/mol. The van der Waals surface area contributed by atoms with Gasteiger partial charge in [-0.1, -0.05) is 0 Å². The normalized spacial score (nSPS) is 24.4. The number of nitrogens with one attached hydrogen (secondary N) is 1. The standard InChI is InChI=1S/C9H12F3NO4/c10-9(11,12)4-17-8(16)13-6-2-1-5(3-6)7(14)15/h5-6H,1-4H2,(H,13,16)(H,14,15). The molecule has 2 unspecified atom stereocenters. The van der Waals surface area contributed by atoms with Gasteiger partial charge in [-0.05, 0) is 19.3 Å². The van der Waals surface area contributed by atoms with Crippen molar-refractivity contribution >= 4 is 12.1 Å². The summed E-state index contributed by atoms with van der Waals surface area (Å²) in [6.07, 6.45) is -4.68. The molecule has 0 radical (unpaired) electrons. The average Bonchev–Trinajstić information content (AvgIpc) is 2.62. The van der Waals surface area contributed by atoms with E-state index in [1.807, 2.05) is 0 Å². The molecule has 0 aromatic rings. The van der Waals surface area contributed by atoms with E-state index in [2.05, 4.69) is 10.1 Å². The molecule has 17 heavy (non-hydrogen) atoms. The van der Waals surface area contributed by atoms with E-state index in [0.717, 1.165) is 0 Å². The molecule has 98 valence electrons. The fourth-order valence-electron chi connectivity index (χ4n) is 1.69. The fraction of sp³-hybridized carbons (Fsp3) is 0.778. The zero-order valence-electron chi connectivity index (χ0n) is 8.79. The smallest absolute Gasteiger partial charge is 0.422 e. The van der Waals surface area contributed by atoms with Crippen molar-refractivity contribution in [3.63, 3.8) is 0 Å². The molecule has 0 bridgehead atoms. The highest BCUT2D eigenvalue weighted by molar-refractivity contribution is 5.71. The van der Waals surface area contributed by atoms with Crippen molar-refractivity contribution in [3.8, 4) is 0 Å². The second-order valence-electron chi connectivity index (χ2n) is 3.88. The van der Waals surface area contributed by atoms with Gasteiger partial charge in [0.15, 0.2) is 6.61 Å². The summed E-state index contributed by atoms with van der Waals surface area (Å²) in [6.45, 7) is -1.64. The van der Waals surface area contributed by atoms with E-state index >= 15 is 0 Å². The lowest BCUT2D eigenvalue weighted by atomic mass is 10.1. The maximum absolute atomic E-state index is 11.7. The number of carboxylic acids is 1. The quantitative estimate of drug-likeness (QED) is 0.801. The third-order valence-electron chi connectivity index (χ3n) is 2.47. The van der Waals surface area contributed by atoms with Crippen LogP contribution in [0.3, 0.4) is 0 Å². The molecule has 0 heterocycles. The Morgan fingerprint density at radius 1 is 1.35 bits per heavy atom. The van der Waals surface area contributed by atoms with Crippen LogP contribution in [-0.2, 0) is 9.53 Å². The van der Waals surface area contributed by atoms with Crippen molar-refractivity contribution < 1.29 is 32.6 Å². The van der Waals surface area contributed by atoms with E-state index in [9.17, 15) is 22.8 Å². The molecule has 1 rings (SSSR count). The second kappa shape index (κ2) is 5.24. The van der Waals surface area contributed by atoms with Crippen LogP contribution in [0.1, 0.15) is 19.3 Å². The third kappa shape index (κ3) is 4.92. The number of ether oxygens (including phenoxy) is 1. The molecule has 1 saturated carbocycles. The second-order valence-corrected chi connectivity index (χ2v) is 3.88. The highest BCUT2D eigenvalue weighted by Gasteiger charge is 2.33. The summed E-state index contributed by atoms with van der Waals surface area (Å²) >= 11 is 0. The van der Waals surface area contributed by atoms with E-state index in [4.69, 9.17) is 5.11 Å². The Kier molecular flexibility index (Phi) is 4.19. The predicted molar refractivity (Wildman–Crippen MR) is 49.3 cm³/mol. The number of halogens is 3. The van der Waals surface area contributed by atoms with Gasteiger partial charge in [-0.25, -0.2) is 4.79 Å². The van der Waals surface area contributed by atoms with E-state index < -0.39 is 36.8 Å². The number of carboxylic acid groups (broad SMARTS) is 1. The van der Waals surface area contributed by atoms with Crippen molar-refractivity contribution in [2.45, 2.75) is 31.5 Å². The van der Waals surface area contributed by atoms with Gasteiger partial charge in [0.25, 0.3) is 0 Å². The summed E-state index contributed by atoms with van der Waals surface area (Å²) in [5.41, 5.74) is 0. The lowest BCUT2D eigenvalue weighted by Gasteiger charge is -2.13. The van der Waals surface area contributed by atoms with Gasteiger partial charge < -0.3 is 15.2 Å². The SMILES string of the molecule is O=C(NC1CCC(C(=O)O)C1)OCC(F)(F)F. The molecular weight excluding hydrogens is 243 g/mol. The summed E-state index contributed by atoms with van der Waals surface area (Å²) in [7, 11) is 0. The molecule has 2 N–H and O–H groups in total. The van der Waals surface area contributed by atoms with Gasteiger partial charge in [-0.2, -0.15) is 13.2 Å². The Balaban J connectivity index is 2.26. The number of alkyl carbamates (subject to hydrolysis) is 1. The molecule has 5 nitrogen and oxygen atoms in total. The summed E-state index contributed by atoms with van der Waals surface area (Å²) in [5, 5.41) is 10.9. The molecule has 1 amide bonds. The monoisotopic (exact) mass is 255 g/mol. The van der Waals surface area contributed by atoms with Gasteiger partial charge in [0.2, 0.25) is 0 Å². The summed E-state index contributed by atoms with van der Waals surface area (Å²) in [6, 6.07) is -0.433. The maximum Gasteiger partial charge on any atom is 0.422 e. The molecule has 0 aliphatic heterocycles. The van der Waals surface area contributed by atoms with E-state index in [1.54, 1.807) is 0 Å². The molecule has 8 heteroatoms. The first kappa shape index (κ1) is 13.6. The van der Waals surface area contributed by atoms with Crippen LogP contribution in [0, 0.1) is 5.92 Å². The van der Waals surface area contributed by atoms with Crippen molar-refractivity contribution in [2.75, 3.05) is 6.61 Å². The van der Waals surface area contributed by atoms with Crippen LogP contribution < -0.4 is 5.32 Å². The van der Waals surface area contributed by atoms with Gasteiger partial charge >= 0.3 is 18.2 Å². The van der Waals surface area contributed by atoms with Gasteiger partial charge in [0, 0.05) is 6.04 Å². The molecule has 1 fully saturated rings. The number of amides is 1. The van der Waals surface area contributed by atoms with E-state index in [0.29, 0.717) is 12.8 Å². The Labute approximate surface area is 94.9 Å². The van der Waals surface area contributed by atoms with Crippen LogP contribution >= 0.6 is 0 Å². The molecule has 0 saturated heterocycles. The van der Waals surface area contributed by atoms with Crippen LogP contribution in [-0.4, -0.2) is 36.0 Å². The zero-order chi connectivity index (χ0) is 13.1. The molecular formula is C9H12F3NO4. The van der Waals surface area contributed by atoms with Crippen molar-refractivity contribution in [2.24, 2.45) is 5.92 Å². The zero-order valence-corrected chi connectivity index (χ0v) is 8.79. The Morgan fingerprint density at radius 2 is 2.00 bits per heavy atom. The van der Waals surface area contributed by atoms with Crippen LogP contribution in [0.15, 0.2) is 0 Å². The first-order valence-electron chi connectivity index (χ1n) is 5.01. The van der Waals surface area contributed by atoms with Gasteiger partial charge in [-0.15, -0.1) is 0 Å². The molecule has 2 atom stereocenters. The van der Waals surface area contributed by atoms with E-state index in [-0.39, 0.29) is 6.42 Å². The van der Waals surface area contributed by atoms with Crippen molar-refractivity contribution in [1.82, 2.24) is 5.32 Å². The number of rotatable bonds is 3. The third-order valence-corrected chi connectivity index (χ3v) is 2.47. The summed E-state index contributed by atoms with van der Waals surface area (Å²) < 4.78 is 39.1.